The van der Waals surface area contributed by atoms with Gasteiger partial charge in [0.2, 0.25) is 0 Å². The van der Waals surface area contributed by atoms with Gasteiger partial charge in [0.25, 0.3) is 0 Å². The summed E-state index contributed by atoms with van der Waals surface area (Å²) in [6.45, 7) is 2.08. The third kappa shape index (κ3) is 5.52. The highest BCUT2D eigenvalue weighted by atomic mass is 19.4. The largest absolute Gasteiger partial charge is 0.416 e. The van der Waals surface area contributed by atoms with Crippen LogP contribution in [0.5, 0.6) is 0 Å². The van der Waals surface area contributed by atoms with Crippen molar-refractivity contribution < 1.29 is 26.3 Å². The molecule has 2 aromatic rings. The van der Waals surface area contributed by atoms with Crippen LogP contribution in [0.1, 0.15) is 28.3 Å². The third-order valence-electron chi connectivity index (χ3n) is 4.57. The Morgan fingerprint density at radius 2 is 1.38 bits per heavy atom. The van der Waals surface area contributed by atoms with E-state index in [0.717, 1.165) is 12.1 Å². The summed E-state index contributed by atoms with van der Waals surface area (Å²) in [5, 5.41) is 3.12. The summed E-state index contributed by atoms with van der Waals surface area (Å²) in [5.41, 5.74) is -2.14. The summed E-state index contributed by atoms with van der Waals surface area (Å²) in [4.78, 5) is 1.79. The number of alkyl halides is 6. The van der Waals surface area contributed by atoms with Crippen molar-refractivity contribution in [1.29, 1.82) is 0 Å². The quantitative estimate of drug-likeness (QED) is 0.567. The Kier molecular flexibility index (Phi) is 6.20. The average Bonchev–Trinajstić information content (AvgIpc) is 2.68. The van der Waals surface area contributed by atoms with Crippen molar-refractivity contribution in [2.24, 2.45) is 0 Å². The van der Waals surface area contributed by atoms with Gasteiger partial charge in [0, 0.05) is 31.7 Å². The summed E-state index contributed by atoms with van der Waals surface area (Å²) in [7, 11) is 0. The zero-order valence-corrected chi connectivity index (χ0v) is 15.2. The third-order valence-corrected chi connectivity index (χ3v) is 4.57. The second-order valence-electron chi connectivity index (χ2n) is 6.66. The minimum Gasteiger partial charge on any atom is -0.314 e. The minimum absolute atomic E-state index is 0.113. The zero-order chi connectivity index (χ0) is 21.1. The van der Waals surface area contributed by atoms with Gasteiger partial charge < -0.3 is 5.32 Å². The fourth-order valence-corrected chi connectivity index (χ4v) is 3.14. The molecule has 29 heavy (non-hydrogen) atoms. The van der Waals surface area contributed by atoms with Gasteiger partial charge in [-0.3, -0.25) is 4.90 Å². The summed E-state index contributed by atoms with van der Waals surface area (Å²) in [6.07, 6.45) is -9.78. The van der Waals surface area contributed by atoms with Crippen molar-refractivity contribution in [3.63, 3.8) is 0 Å². The number of benzene rings is 2. The molecule has 0 aliphatic carbocycles. The fourth-order valence-electron chi connectivity index (χ4n) is 3.14. The van der Waals surface area contributed by atoms with Gasteiger partial charge in [-0.25, -0.2) is 0 Å². The molecule has 1 unspecified atom stereocenters. The van der Waals surface area contributed by atoms with E-state index >= 15 is 0 Å². The lowest BCUT2D eigenvalue weighted by Gasteiger charge is -2.33. The van der Waals surface area contributed by atoms with Crippen molar-refractivity contribution in [1.82, 2.24) is 10.2 Å². The molecule has 2 nitrogen and oxygen atoms in total. The van der Waals surface area contributed by atoms with Crippen LogP contribution in [0.2, 0.25) is 0 Å². The smallest absolute Gasteiger partial charge is 0.314 e. The van der Waals surface area contributed by atoms with E-state index in [1.54, 1.807) is 35.2 Å². The summed E-state index contributed by atoms with van der Waals surface area (Å²) < 4.78 is 79.6. The summed E-state index contributed by atoms with van der Waals surface area (Å²) in [6, 6.07) is 9.56. The Morgan fingerprint density at radius 1 is 0.828 bits per heavy atom. The van der Waals surface area contributed by atoms with E-state index in [2.05, 4.69) is 17.2 Å². The predicted octanol–water partition coefficient (Wildman–Crippen LogP) is 4.72. The van der Waals surface area contributed by atoms with Crippen LogP contribution in [0.4, 0.5) is 26.3 Å². The van der Waals surface area contributed by atoms with Gasteiger partial charge in [0.1, 0.15) is 0 Å². The van der Waals surface area contributed by atoms with Crippen LogP contribution in [0, 0.1) is 11.8 Å². The maximum absolute atomic E-state index is 13.3. The van der Waals surface area contributed by atoms with Gasteiger partial charge in [-0.05, 0) is 35.9 Å². The number of halogens is 6. The molecule has 154 valence electrons. The van der Waals surface area contributed by atoms with Gasteiger partial charge in [-0.15, -0.1) is 0 Å². The number of piperazine rings is 1. The molecule has 0 bridgehead atoms. The number of hydrogen-bond acceptors (Lipinski definition) is 2. The molecule has 1 N–H and O–H groups in total. The molecule has 0 radical (unpaired) electrons. The van der Waals surface area contributed by atoms with Gasteiger partial charge in [0.15, 0.2) is 0 Å². The van der Waals surface area contributed by atoms with Crippen LogP contribution in [0.3, 0.4) is 0 Å². The van der Waals surface area contributed by atoms with E-state index in [4.69, 9.17) is 0 Å². The highest BCUT2D eigenvalue weighted by Gasteiger charge is 2.38. The minimum atomic E-state index is -4.89. The molecular weight excluding hydrogens is 394 g/mol. The molecule has 0 saturated carbocycles. The first-order chi connectivity index (χ1) is 13.6. The monoisotopic (exact) mass is 412 g/mol. The SMILES string of the molecule is FC(F)(F)c1cc(C(C#Cc2ccccc2)N2CCNCC2)cc(C(F)(F)F)c1. The Bertz CT molecular complexity index is 855. The molecule has 2 aromatic carbocycles. The highest BCUT2D eigenvalue weighted by Crippen LogP contribution is 2.38. The molecule has 0 amide bonds. The first-order valence-corrected chi connectivity index (χ1v) is 8.95. The van der Waals surface area contributed by atoms with Crippen LogP contribution in [0.25, 0.3) is 0 Å². The first kappa shape index (κ1) is 21.2. The van der Waals surface area contributed by atoms with Crippen LogP contribution in [-0.2, 0) is 12.4 Å². The summed E-state index contributed by atoms with van der Waals surface area (Å²) in [5.74, 6) is 5.78. The van der Waals surface area contributed by atoms with Gasteiger partial charge in [0.05, 0.1) is 17.2 Å². The molecule has 1 aliphatic heterocycles. The fraction of sp³-hybridized carbons (Fsp3) is 0.333. The van der Waals surface area contributed by atoms with E-state index < -0.39 is 29.5 Å². The normalized spacial score (nSPS) is 16.8. The molecule has 3 rings (SSSR count). The standard InChI is InChI=1S/C21H18F6N2/c22-20(23,24)17-12-16(13-18(14-17)21(25,26)27)19(29-10-8-28-9-11-29)7-6-15-4-2-1-3-5-15/h1-5,12-14,19,28H,8-11H2. The highest BCUT2D eigenvalue weighted by molar-refractivity contribution is 5.41. The zero-order valence-electron chi connectivity index (χ0n) is 15.2. The Balaban J connectivity index is 2.10. The van der Waals surface area contributed by atoms with Crippen LogP contribution in [-0.4, -0.2) is 31.1 Å². The lowest BCUT2D eigenvalue weighted by molar-refractivity contribution is -0.143. The maximum atomic E-state index is 13.3. The molecule has 1 heterocycles. The van der Waals surface area contributed by atoms with Crippen LogP contribution in [0.15, 0.2) is 48.5 Å². The molecular formula is C21H18F6N2. The predicted molar refractivity (Wildman–Crippen MR) is 96.9 cm³/mol. The molecule has 1 aliphatic rings. The van der Waals surface area contributed by atoms with Crippen molar-refractivity contribution in [2.45, 2.75) is 18.4 Å². The van der Waals surface area contributed by atoms with E-state index in [1.807, 2.05) is 0 Å². The lowest BCUT2D eigenvalue weighted by Crippen LogP contribution is -2.45. The Hall–Kier alpha value is -2.50. The number of nitrogens with one attached hydrogen (secondary N) is 1. The first-order valence-electron chi connectivity index (χ1n) is 8.95. The number of nitrogens with zero attached hydrogens (tertiary/aromatic N) is 1. The molecule has 0 aromatic heterocycles. The lowest BCUT2D eigenvalue weighted by atomic mass is 9.98. The van der Waals surface area contributed by atoms with Crippen LogP contribution >= 0.6 is 0 Å². The van der Waals surface area contributed by atoms with Crippen molar-refractivity contribution >= 4 is 0 Å². The van der Waals surface area contributed by atoms with Crippen molar-refractivity contribution in [2.75, 3.05) is 26.2 Å². The second kappa shape index (κ2) is 8.47. The van der Waals surface area contributed by atoms with Gasteiger partial charge in [-0.2, -0.15) is 26.3 Å². The van der Waals surface area contributed by atoms with Gasteiger partial charge >= 0.3 is 12.4 Å². The number of hydrogen-bond donors (Lipinski definition) is 1. The van der Waals surface area contributed by atoms with E-state index in [9.17, 15) is 26.3 Å². The Labute approximate surface area is 164 Å². The maximum Gasteiger partial charge on any atom is 0.416 e. The van der Waals surface area contributed by atoms with Crippen molar-refractivity contribution in [3.05, 3.63) is 70.8 Å². The van der Waals surface area contributed by atoms with Gasteiger partial charge in [-0.1, -0.05) is 30.0 Å². The average molecular weight is 412 g/mol. The van der Waals surface area contributed by atoms with E-state index in [1.165, 1.54) is 0 Å². The summed E-state index contributed by atoms with van der Waals surface area (Å²) >= 11 is 0. The van der Waals surface area contributed by atoms with Crippen molar-refractivity contribution in [3.8, 4) is 11.8 Å². The molecule has 0 spiro atoms. The van der Waals surface area contributed by atoms with Crippen LogP contribution < -0.4 is 5.32 Å². The topological polar surface area (TPSA) is 15.3 Å². The molecule has 1 fully saturated rings. The second-order valence-corrected chi connectivity index (χ2v) is 6.66. The number of rotatable bonds is 2. The Morgan fingerprint density at radius 3 is 1.90 bits per heavy atom. The molecule has 1 atom stereocenters. The molecule has 8 heteroatoms. The molecule has 1 saturated heterocycles. The van der Waals surface area contributed by atoms with E-state index in [-0.39, 0.29) is 11.6 Å². The van der Waals surface area contributed by atoms with E-state index in [0.29, 0.717) is 31.7 Å².